The molecule has 0 radical (unpaired) electrons. The van der Waals surface area contributed by atoms with Crippen LogP contribution in [-0.4, -0.2) is 80.7 Å². The molecular formula is C29H34Cl2N6O3. The Hall–Kier alpha value is -3.29. The number of hydrogen-bond acceptors (Lipinski definition) is 8. The summed E-state index contributed by atoms with van der Waals surface area (Å²) in [5.74, 6) is 0.856. The van der Waals surface area contributed by atoms with Gasteiger partial charge in [0, 0.05) is 57.3 Å². The summed E-state index contributed by atoms with van der Waals surface area (Å²) >= 11 is 12.7. The Morgan fingerprint density at radius 1 is 1.07 bits per heavy atom. The van der Waals surface area contributed by atoms with Gasteiger partial charge in [0.1, 0.15) is 17.6 Å². The van der Waals surface area contributed by atoms with Gasteiger partial charge >= 0.3 is 0 Å². The van der Waals surface area contributed by atoms with E-state index in [1.807, 2.05) is 6.07 Å². The summed E-state index contributed by atoms with van der Waals surface area (Å²) in [6.07, 6.45) is 2.33. The number of benzene rings is 2. The number of fused-ring (bicyclic) bond motifs is 1. The number of amides is 1. The molecule has 1 fully saturated rings. The third kappa shape index (κ3) is 6.53. The lowest BCUT2D eigenvalue weighted by atomic mass is 10.1. The van der Waals surface area contributed by atoms with Crippen molar-refractivity contribution < 1.29 is 14.3 Å². The number of pyridine rings is 1. The summed E-state index contributed by atoms with van der Waals surface area (Å²) in [7, 11) is 3.08. The highest BCUT2D eigenvalue weighted by Gasteiger charge is 2.22. The molecule has 3 aromatic rings. The molecule has 0 bridgehead atoms. The van der Waals surface area contributed by atoms with Gasteiger partial charge in [0.2, 0.25) is 5.91 Å². The molecule has 1 aliphatic rings. The highest BCUT2D eigenvalue weighted by atomic mass is 35.5. The van der Waals surface area contributed by atoms with Crippen LogP contribution in [0.15, 0.2) is 30.5 Å². The topological polar surface area (TPSA) is 94.0 Å². The third-order valence-electron chi connectivity index (χ3n) is 7.23. The van der Waals surface area contributed by atoms with E-state index in [1.165, 1.54) is 13.3 Å². The van der Waals surface area contributed by atoms with Crippen LogP contribution >= 0.6 is 23.2 Å². The van der Waals surface area contributed by atoms with Crippen molar-refractivity contribution in [3.8, 4) is 17.6 Å². The van der Waals surface area contributed by atoms with Crippen molar-refractivity contribution in [2.24, 2.45) is 0 Å². The fourth-order valence-corrected chi connectivity index (χ4v) is 5.45. The van der Waals surface area contributed by atoms with Crippen LogP contribution in [0.3, 0.4) is 0 Å². The van der Waals surface area contributed by atoms with Crippen molar-refractivity contribution in [1.29, 1.82) is 5.26 Å². The molecule has 0 atom stereocenters. The van der Waals surface area contributed by atoms with Crippen LogP contribution in [0, 0.1) is 11.3 Å². The zero-order valence-electron chi connectivity index (χ0n) is 23.3. The monoisotopic (exact) mass is 584 g/mol. The van der Waals surface area contributed by atoms with Gasteiger partial charge in [0.05, 0.1) is 52.4 Å². The number of nitrogens with one attached hydrogen (secondary N) is 1. The normalized spacial score (nSPS) is 14.1. The molecule has 1 N–H and O–H groups in total. The summed E-state index contributed by atoms with van der Waals surface area (Å²) in [6.45, 7) is 10.5. The first-order valence-corrected chi connectivity index (χ1v) is 14.0. The predicted octanol–water partition coefficient (Wildman–Crippen LogP) is 5.55. The van der Waals surface area contributed by atoms with Crippen LogP contribution < -0.4 is 19.7 Å². The van der Waals surface area contributed by atoms with E-state index in [9.17, 15) is 10.1 Å². The molecule has 2 aromatic carbocycles. The SMILES string of the molecule is CCN1CCN(CCCN(C(C)=O)c2cc3ncc(C#N)c(Nc4cc(OC)c(Cl)cc4Cl)c3cc2OC)CC1. The number of ether oxygens (including phenoxy) is 2. The van der Waals surface area contributed by atoms with Crippen molar-refractivity contribution in [3.05, 3.63) is 46.1 Å². The van der Waals surface area contributed by atoms with Crippen LogP contribution in [0.4, 0.5) is 17.1 Å². The number of anilines is 3. The zero-order chi connectivity index (χ0) is 28.8. The van der Waals surface area contributed by atoms with Crippen molar-refractivity contribution in [2.75, 3.05) is 70.2 Å². The molecule has 40 heavy (non-hydrogen) atoms. The van der Waals surface area contributed by atoms with Crippen LogP contribution in [0.5, 0.6) is 11.5 Å². The average Bonchev–Trinajstić information content (AvgIpc) is 2.96. The van der Waals surface area contributed by atoms with E-state index in [0.717, 1.165) is 45.7 Å². The van der Waals surface area contributed by atoms with Crippen molar-refractivity contribution >= 4 is 57.1 Å². The van der Waals surface area contributed by atoms with Crippen LogP contribution in [-0.2, 0) is 4.79 Å². The first-order chi connectivity index (χ1) is 19.3. The zero-order valence-corrected chi connectivity index (χ0v) is 24.8. The first-order valence-electron chi connectivity index (χ1n) is 13.2. The minimum absolute atomic E-state index is 0.0829. The van der Waals surface area contributed by atoms with E-state index >= 15 is 0 Å². The standard InChI is InChI=1S/C29H34Cl2N6O3/c1-5-35-9-11-36(12-10-35)7-6-8-37(19(2)38)26-15-24-21(13-28(26)40-4)29(20(17-32)18-33-24)34-25-16-27(39-3)23(31)14-22(25)30/h13-16,18H,5-12H2,1-4H3,(H,33,34). The second-order valence-corrected chi connectivity index (χ2v) is 10.4. The molecule has 9 nitrogen and oxygen atoms in total. The molecule has 1 amide bonds. The van der Waals surface area contributed by atoms with Gasteiger partial charge in [0.15, 0.2) is 0 Å². The van der Waals surface area contributed by atoms with Crippen molar-refractivity contribution in [2.45, 2.75) is 20.3 Å². The molecule has 0 spiro atoms. The second-order valence-electron chi connectivity index (χ2n) is 9.59. The van der Waals surface area contributed by atoms with Crippen molar-refractivity contribution in [3.63, 3.8) is 0 Å². The Kier molecular flexibility index (Phi) is 9.93. The second kappa shape index (κ2) is 13.4. The maximum absolute atomic E-state index is 12.8. The van der Waals surface area contributed by atoms with E-state index in [0.29, 0.717) is 61.6 Å². The highest BCUT2D eigenvalue weighted by Crippen LogP contribution is 2.40. The lowest BCUT2D eigenvalue weighted by Gasteiger charge is -2.34. The van der Waals surface area contributed by atoms with Gasteiger partial charge in [0.25, 0.3) is 0 Å². The summed E-state index contributed by atoms with van der Waals surface area (Å²) in [4.78, 5) is 23.9. The number of nitrogens with zero attached hydrogens (tertiary/aromatic N) is 5. The summed E-state index contributed by atoms with van der Waals surface area (Å²) < 4.78 is 11.1. The summed E-state index contributed by atoms with van der Waals surface area (Å²) in [5.41, 5.74) is 2.56. The van der Waals surface area contributed by atoms with E-state index in [4.69, 9.17) is 32.7 Å². The molecular weight excluding hydrogens is 551 g/mol. The number of methoxy groups -OCH3 is 2. The number of carbonyl (C=O) groups excluding carboxylic acids is 1. The van der Waals surface area contributed by atoms with E-state index in [-0.39, 0.29) is 5.91 Å². The minimum atomic E-state index is -0.0829. The Labute approximate surface area is 245 Å². The van der Waals surface area contributed by atoms with Crippen LogP contribution in [0.1, 0.15) is 25.8 Å². The predicted molar refractivity (Wildman–Crippen MR) is 161 cm³/mol. The van der Waals surface area contributed by atoms with E-state index in [1.54, 1.807) is 37.1 Å². The Morgan fingerprint density at radius 3 is 2.40 bits per heavy atom. The Morgan fingerprint density at radius 2 is 1.77 bits per heavy atom. The van der Waals surface area contributed by atoms with E-state index < -0.39 is 0 Å². The summed E-state index contributed by atoms with van der Waals surface area (Å²) in [5, 5.41) is 14.5. The molecule has 1 saturated heterocycles. The quantitative estimate of drug-likeness (QED) is 0.331. The fraction of sp³-hybridized carbons (Fsp3) is 0.414. The lowest BCUT2D eigenvalue weighted by molar-refractivity contribution is -0.116. The number of aromatic nitrogens is 1. The van der Waals surface area contributed by atoms with E-state index in [2.05, 4.69) is 33.1 Å². The fourth-order valence-electron chi connectivity index (χ4n) is 4.95. The number of halogens is 2. The van der Waals surface area contributed by atoms with Gasteiger partial charge in [-0.25, -0.2) is 0 Å². The molecule has 212 valence electrons. The number of piperazine rings is 1. The molecule has 0 saturated carbocycles. The van der Waals surface area contributed by atoms with Crippen molar-refractivity contribution in [1.82, 2.24) is 14.8 Å². The molecule has 0 unspecified atom stereocenters. The largest absolute Gasteiger partial charge is 0.495 e. The molecule has 1 aliphatic heterocycles. The van der Waals surface area contributed by atoms with Gasteiger partial charge in [-0.1, -0.05) is 30.1 Å². The maximum Gasteiger partial charge on any atom is 0.223 e. The third-order valence-corrected chi connectivity index (χ3v) is 7.84. The lowest BCUT2D eigenvalue weighted by Crippen LogP contribution is -2.46. The number of likely N-dealkylation sites (N-methyl/N-ethyl adjacent to an activating group) is 1. The van der Waals surface area contributed by atoms with Gasteiger partial charge < -0.3 is 29.5 Å². The van der Waals surface area contributed by atoms with Gasteiger partial charge in [-0.2, -0.15) is 5.26 Å². The number of rotatable bonds is 10. The first kappa shape index (κ1) is 29.7. The van der Waals surface area contributed by atoms with Gasteiger partial charge in [-0.15, -0.1) is 0 Å². The number of carbonyl (C=O) groups is 1. The van der Waals surface area contributed by atoms with Gasteiger partial charge in [-0.05, 0) is 37.7 Å². The average molecular weight is 586 g/mol. The number of nitriles is 1. The molecule has 11 heteroatoms. The molecule has 4 rings (SSSR count). The maximum atomic E-state index is 12.8. The van der Waals surface area contributed by atoms with Crippen LogP contribution in [0.25, 0.3) is 10.9 Å². The molecule has 0 aliphatic carbocycles. The summed E-state index contributed by atoms with van der Waals surface area (Å²) in [6, 6.07) is 9.05. The molecule has 1 aromatic heterocycles. The Balaban J connectivity index is 1.65. The smallest absolute Gasteiger partial charge is 0.223 e. The highest BCUT2D eigenvalue weighted by molar-refractivity contribution is 6.37. The molecule has 2 heterocycles. The van der Waals surface area contributed by atoms with Crippen LogP contribution in [0.2, 0.25) is 10.0 Å². The number of hydrogen-bond donors (Lipinski definition) is 1. The van der Waals surface area contributed by atoms with Gasteiger partial charge in [-0.3, -0.25) is 9.78 Å². The minimum Gasteiger partial charge on any atom is -0.495 e. The Bertz CT molecular complexity index is 1420.